The lowest BCUT2D eigenvalue weighted by Crippen LogP contribution is -2.22. The number of alkyl halides is 3. The fourth-order valence-electron chi connectivity index (χ4n) is 4.25. The Hall–Kier alpha value is -4.29. The van der Waals surface area contributed by atoms with Crippen molar-refractivity contribution in [1.29, 1.82) is 0 Å². The van der Waals surface area contributed by atoms with Crippen LogP contribution in [0.2, 0.25) is 5.02 Å². The molecule has 40 heavy (non-hydrogen) atoms. The molecule has 0 radical (unpaired) electrons. The Balaban J connectivity index is 1.65. The molecule has 2 heterocycles. The molecule has 0 unspecified atom stereocenters. The summed E-state index contributed by atoms with van der Waals surface area (Å²) in [4.78, 5) is 30.3. The Morgan fingerprint density at radius 1 is 1.12 bits per heavy atom. The van der Waals surface area contributed by atoms with Gasteiger partial charge in [0.05, 0.1) is 23.2 Å². The largest absolute Gasteiger partial charge is 0.422 e. The summed E-state index contributed by atoms with van der Waals surface area (Å²) < 4.78 is 64.4. The predicted molar refractivity (Wildman–Crippen MR) is 142 cm³/mol. The summed E-state index contributed by atoms with van der Waals surface area (Å²) in [6.45, 7) is 1.74. The number of carbonyl (C=O) groups excluding carboxylic acids is 1. The van der Waals surface area contributed by atoms with Crippen LogP contribution in [0.15, 0.2) is 68.3 Å². The Bertz CT molecular complexity index is 1910. The Labute approximate surface area is 232 Å². The monoisotopic (exact) mass is 589 g/mol. The first kappa shape index (κ1) is 27.3. The van der Waals surface area contributed by atoms with Gasteiger partial charge >= 0.3 is 16.6 Å². The summed E-state index contributed by atoms with van der Waals surface area (Å²) in [6, 6.07) is 11.7. The van der Waals surface area contributed by atoms with Gasteiger partial charge in [0.2, 0.25) is 5.91 Å². The van der Waals surface area contributed by atoms with Crippen molar-refractivity contribution < 1.29 is 31.3 Å². The average Bonchev–Trinajstić information content (AvgIpc) is 3.32. The highest BCUT2D eigenvalue weighted by Crippen LogP contribution is 2.37. The number of carbonyl (C=O) groups is 1. The molecule has 5 rings (SSSR count). The number of aryl methyl sites for hydroxylation is 1. The first-order valence-corrected chi connectivity index (χ1v) is 12.3. The number of nitrogens with one attached hydrogen (secondary N) is 2. The lowest BCUT2D eigenvalue weighted by molar-refractivity contribution is -0.137. The molecule has 0 aliphatic rings. The van der Waals surface area contributed by atoms with Crippen LogP contribution < -0.4 is 10.9 Å². The number of halogens is 5. The number of benzene rings is 3. The third-order valence-corrected chi connectivity index (χ3v) is 6.62. The molecule has 0 fully saturated rings. The minimum atomic E-state index is -4.93. The van der Waals surface area contributed by atoms with Crippen molar-refractivity contribution >= 4 is 46.4 Å². The lowest BCUT2D eigenvalue weighted by Gasteiger charge is -2.16. The number of H-pyrrole nitrogens is 1. The van der Waals surface area contributed by atoms with Gasteiger partial charge in [-0.15, -0.1) is 0 Å². The molecule has 0 spiro atoms. The van der Waals surface area contributed by atoms with Crippen molar-refractivity contribution in [3.05, 3.63) is 97.4 Å². The van der Waals surface area contributed by atoms with Crippen LogP contribution >= 0.6 is 23.8 Å². The quantitative estimate of drug-likeness (QED) is 0.125. The molecule has 0 saturated carbocycles. The Morgan fingerprint density at radius 2 is 1.88 bits per heavy atom. The SMILES string of the molecule is Cc1cc2c(-c3cccc(-c4nc(=S)o[nH]4)c3)c(CC(=O)Nc3ccc(F)cc3C(F)(F)F)c(=O)oc2cc1Cl. The summed E-state index contributed by atoms with van der Waals surface area (Å²) in [5.74, 6) is -1.76. The van der Waals surface area contributed by atoms with E-state index in [9.17, 15) is 27.2 Å². The molecule has 204 valence electrons. The second-order valence-electron chi connectivity index (χ2n) is 8.76. The second kappa shape index (κ2) is 10.4. The van der Waals surface area contributed by atoms with Gasteiger partial charge in [-0.3, -0.25) is 4.79 Å². The van der Waals surface area contributed by atoms with Crippen LogP contribution in [0.5, 0.6) is 0 Å². The van der Waals surface area contributed by atoms with E-state index in [-0.39, 0.29) is 22.1 Å². The van der Waals surface area contributed by atoms with E-state index in [1.807, 2.05) is 0 Å². The van der Waals surface area contributed by atoms with Gasteiger partial charge in [0.25, 0.3) is 0 Å². The number of hydrogen-bond donors (Lipinski definition) is 2. The van der Waals surface area contributed by atoms with Crippen LogP contribution in [-0.4, -0.2) is 16.0 Å². The van der Waals surface area contributed by atoms with Crippen LogP contribution in [-0.2, 0) is 17.4 Å². The minimum absolute atomic E-state index is 0.0205. The van der Waals surface area contributed by atoms with Gasteiger partial charge in [-0.1, -0.05) is 29.8 Å². The zero-order valence-corrected chi connectivity index (χ0v) is 21.9. The Morgan fingerprint density at radius 3 is 2.58 bits per heavy atom. The third-order valence-electron chi connectivity index (χ3n) is 6.04. The molecule has 0 bridgehead atoms. The van der Waals surface area contributed by atoms with Gasteiger partial charge in [-0.05, 0) is 60.6 Å². The minimum Gasteiger partial charge on any atom is -0.422 e. The normalized spacial score (nSPS) is 11.7. The smallest absolute Gasteiger partial charge is 0.418 e. The van der Waals surface area contributed by atoms with Gasteiger partial charge in [0.15, 0.2) is 5.82 Å². The molecule has 2 N–H and O–H groups in total. The fraction of sp³-hybridized carbons (Fsp3) is 0.111. The van der Waals surface area contributed by atoms with E-state index in [0.29, 0.717) is 38.5 Å². The van der Waals surface area contributed by atoms with Crippen molar-refractivity contribution in [2.75, 3.05) is 5.32 Å². The average molecular weight is 590 g/mol. The fourth-order valence-corrected chi connectivity index (χ4v) is 4.54. The van der Waals surface area contributed by atoms with Gasteiger partial charge in [-0.25, -0.2) is 14.3 Å². The zero-order valence-electron chi connectivity index (χ0n) is 20.3. The van der Waals surface area contributed by atoms with E-state index in [0.717, 1.165) is 12.1 Å². The van der Waals surface area contributed by atoms with Crippen molar-refractivity contribution in [3.63, 3.8) is 0 Å². The van der Waals surface area contributed by atoms with Crippen LogP contribution in [0.3, 0.4) is 0 Å². The van der Waals surface area contributed by atoms with Crippen LogP contribution in [0.4, 0.5) is 23.2 Å². The van der Waals surface area contributed by atoms with Crippen molar-refractivity contribution in [1.82, 2.24) is 10.1 Å². The second-order valence-corrected chi connectivity index (χ2v) is 9.52. The maximum atomic E-state index is 13.5. The van der Waals surface area contributed by atoms with Gasteiger partial charge in [0, 0.05) is 27.6 Å². The van der Waals surface area contributed by atoms with Crippen LogP contribution in [0, 0.1) is 17.6 Å². The highest BCUT2D eigenvalue weighted by molar-refractivity contribution is 7.71. The maximum absolute atomic E-state index is 13.5. The molecule has 5 aromatic rings. The number of hydrogen-bond acceptors (Lipinski definition) is 6. The molecular formula is C27H16ClF4N3O4S. The molecule has 13 heteroatoms. The molecular weight excluding hydrogens is 574 g/mol. The molecule has 0 atom stereocenters. The van der Waals surface area contributed by atoms with Crippen molar-refractivity contribution in [2.24, 2.45) is 0 Å². The number of aromatic amines is 1. The molecule has 0 aliphatic heterocycles. The highest BCUT2D eigenvalue weighted by atomic mass is 35.5. The van der Waals surface area contributed by atoms with Crippen molar-refractivity contribution in [2.45, 2.75) is 19.5 Å². The summed E-state index contributed by atoms with van der Waals surface area (Å²) in [5.41, 5.74) is -0.916. The molecule has 7 nitrogen and oxygen atoms in total. The molecule has 0 saturated heterocycles. The molecule has 3 aromatic carbocycles. The molecule has 2 aromatic heterocycles. The van der Waals surface area contributed by atoms with Crippen LogP contribution in [0.1, 0.15) is 16.7 Å². The van der Waals surface area contributed by atoms with E-state index in [2.05, 4.69) is 15.5 Å². The number of nitrogens with zero attached hydrogens (tertiary/aromatic N) is 1. The first-order valence-electron chi connectivity index (χ1n) is 11.5. The predicted octanol–water partition coefficient (Wildman–Crippen LogP) is 7.47. The highest BCUT2D eigenvalue weighted by Gasteiger charge is 2.34. The van der Waals surface area contributed by atoms with E-state index in [4.69, 9.17) is 32.8 Å². The Kier molecular flexibility index (Phi) is 7.06. The first-order chi connectivity index (χ1) is 18.9. The third kappa shape index (κ3) is 5.40. The summed E-state index contributed by atoms with van der Waals surface area (Å²) in [5, 5.41) is 5.51. The number of anilines is 1. The van der Waals surface area contributed by atoms with Gasteiger partial charge in [-0.2, -0.15) is 18.2 Å². The van der Waals surface area contributed by atoms with Gasteiger partial charge in [0.1, 0.15) is 11.4 Å². The van der Waals surface area contributed by atoms with E-state index in [1.165, 1.54) is 6.07 Å². The number of aromatic nitrogens is 2. The summed E-state index contributed by atoms with van der Waals surface area (Å²) in [7, 11) is 0. The topological polar surface area (TPSA) is 101 Å². The molecule has 1 amide bonds. The van der Waals surface area contributed by atoms with E-state index >= 15 is 0 Å². The van der Waals surface area contributed by atoms with E-state index < -0.39 is 41.2 Å². The zero-order chi connectivity index (χ0) is 28.8. The van der Waals surface area contributed by atoms with Gasteiger partial charge < -0.3 is 14.3 Å². The number of rotatable bonds is 5. The molecule has 0 aliphatic carbocycles. The summed E-state index contributed by atoms with van der Waals surface area (Å²) in [6.07, 6.45) is -5.58. The van der Waals surface area contributed by atoms with Crippen LogP contribution in [0.25, 0.3) is 33.5 Å². The standard InChI is InChI=1S/C27H16ClF4N3O4S/c1-12-7-16-21(11-19(12)28)38-25(37)17(10-22(36)33-20-6-5-15(29)9-18(20)27(30,31)32)23(16)13-3-2-4-14(8-13)24-34-26(40)39-35-24/h2-9,11H,10H2,1H3,(H,33,36)(H,34,35,40). The summed E-state index contributed by atoms with van der Waals surface area (Å²) >= 11 is 11.2. The lowest BCUT2D eigenvalue weighted by atomic mass is 9.93. The number of amides is 1. The van der Waals surface area contributed by atoms with E-state index in [1.54, 1.807) is 37.3 Å². The maximum Gasteiger partial charge on any atom is 0.418 e. The van der Waals surface area contributed by atoms with Crippen molar-refractivity contribution in [3.8, 4) is 22.5 Å². The number of fused-ring (bicyclic) bond motifs is 1.